The van der Waals surface area contributed by atoms with Crippen molar-refractivity contribution in [1.29, 1.82) is 0 Å². The van der Waals surface area contributed by atoms with Crippen LogP contribution in [0.25, 0.3) is 0 Å². The van der Waals surface area contributed by atoms with E-state index < -0.39 is 41.7 Å². The summed E-state index contributed by atoms with van der Waals surface area (Å²) in [5.74, 6) is -3.70. The molecule has 2 unspecified atom stereocenters. The Balaban J connectivity index is 2.84. The maximum absolute atomic E-state index is 12.4. The van der Waals surface area contributed by atoms with Gasteiger partial charge in [0, 0.05) is 12.1 Å². The highest BCUT2D eigenvalue weighted by molar-refractivity contribution is 5.79. The first kappa shape index (κ1) is 18.8. The van der Waals surface area contributed by atoms with Crippen molar-refractivity contribution in [3.05, 3.63) is 39.9 Å². The standard InChI is InChI=1S/C13H15F3N2O5/c1-7(13(14,15)16)12(21)17-10(6-19)11(20)8-2-4-9(5-3-8)18(22)23/h2-5,7,10-11,19-20H,6H2,1H3,(H,17,21)/t7?,10-,11?/m1/s1. The van der Waals surface area contributed by atoms with E-state index in [9.17, 15) is 33.2 Å². The molecule has 0 aliphatic rings. The number of hydrogen-bond acceptors (Lipinski definition) is 5. The number of nitrogens with one attached hydrogen (secondary N) is 1. The van der Waals surface area contributed by atoms with Crippen LogP contribution in [0.2, 0.25) is 0 Å². The molecule has 0 aliphatic carbocycles. The van der Waals surface area contributed by atoms with Crippen LogP contribution in [-0.4, -0.2) is 39.9 Å². The van der Waals surface area contributed by atoms with Crippen molar-refractivity contribution in [1.82, 2.24) is 5.32 Å². The number of nitro benzene ring substituents is 1. The molecule has 3 N–H and O–H groups in total. The average Bonchev–Trinajstić information content (AvgIpc) is 2.50. The largest absolute Gasteiger partial charge is 0.400 e. The Morgan fingerprint density at radius 3 is 2.26 bits per heavy atom. The number of carbonyl (C=O) groups excluding carboxylic acids is 1. The third kappa shape index (κ3) is 4.89. The van der Waals surface area contributed by atoms with Gasteiger partial charge in [-0.1, -0.05) is 0 Å². The second-order valence-electron chi connectivity index (χ2n) is 4.85. The van der Waals surface area contributed by atoms with Gasteiger partial charge in [-0.05, 0) is 24.6 Å². The molecule has 3 atom stereocenters. The van der Waals surface area contributed by atoms with Crippen LogP contribution in [0, 0.1) is 16.0 Å². The normalized spacial score (nSPS) is 15.6. The number of rotatable bonds is 6. The topological polar surface area (TPSA) is 113 Å². The predicted octanol–water partition coefficient (Wildman–Crippen LogP) is 1.30. The minimum Gasteiger partial charge on any atom is -0.394 e. The highest BCUT2D eigenvalue weighted by atomic mass is 19.4. The van der Waals surface area contributed by atoms with E-state index in [2.05, 4.69) is 0 Å². The number of nitro groups is 1. The number of benzene rings is 1. The Bertz CT molecular complexity index is 562. The molecule has 1 aromatic carbocycles. The van der Waals surface area contributed by atoms with E-state index >= 15 is 0 Å². The molecule has 1 aromatic rings. The van der Waals surface area contributed by atoms with Crippen molar-refractivity contribution < 1.29 is 33.1 Å². The van der Waals surface area contributed by atoms with E-state index in [1.807, 2.05) is 5.32 Å². The first-order valence-electron chi connectivity index (χ1n) is 6.48. The van der Waals surface area contributed by atoms with Crippen LogP contribution < -0.4 is 5.32 Å². The monoisotopic (exact) mass is 336 g/mol. The fourth-order valence-electron chi connectivity index (χ4n) is 1.71. The van der Waals surface area contributed by atoms with Gasteiger partial charge in [0.1, 0.15) is 12.0 Å². The van der Waals surface area contributed by atoms with Crippen molar-refractivity contribution in [2.75, 3.05) is 6.61 Å². The number of carbonyl (C=O) groups is 1. The number of hydrogen-bond donors (Lipinski definition) is 3. The lowest BCUT2D eigenvalue weighted by molar-refractivity contribution is -0.384. The molecule has 7 nitrogen and oxygen atoms in total. The molecular weight excluding hydrogens is 321 g/mol. The van der Waals surface area contributed by atoms with Crippen LogP contribution in [0.4, 0.5) is 18.9 Å². The zero-order chi connectivity index (χ0) is 17.8. The van der Waals surface area contributed by atoms with Gasteiger partial charge in [0.25, 0.3) is 5.69 Å². The van der Waals surface area contributed by atoms with Gasteiger partial charge >= 0.3 is 6.18 Å². The number of non-ortho nitro benzene ring substituents is 1. The zero-order valence-electron chi connectivity index (χ0n) is 11.9. The Kier molecular flexibility index (Phi) is 6.05. The summed E-state index contributed by atoms with van der Waals surface area (Å²) in [6, 6.07) is 3.17. The van der Waals surface area contributed by atoms with E-state index in [1.165, 1.54) is 12.1 Å². The van der Waals surface area contributed by atoms with Gasteiger partial charge in [0.2, 0.25) is 5.91 Å². The van der Waals surface area contributed by atoms with Crippen LogP contribution in [0.1, 0.15) is 18.6 Å². The molecule has 1 amide bonds. The van der Waals surface area contributed by atoms with Gasteiger partial charge in [0.15, 0.2) is 0 Å². The van der Waals surface area contributed by atoms with Gasteiger partial charge in [-0.3, -0.25) is 14.9 Å². The van der Waals surface area contributed by atoms with Crippen molar-refractivity contribution in [3.63, 3.8) is 0 Å². The molecule has 23 heavy (non-hydrogen) atoms. The number of nitrogens with zero attached hydrogens (tertiary/aromatic N) is 1. The lowest BCUT2D eigenvalue weighted by Gasteiger charge is -2.25. The lowest BCUT2D eigenvalue weighted by Crippen LogP contribution is -2.47. The Labute approximate surface area is 128 Å². The number of amides is 1. The summed E-state index contributed by atoms with van der Waals surface area (Å²) < 4.78 is 37.3. The quantitative estimate of drug-likeness (QED) is 0.535. The summed E-state index contributed by atoms with van der Waals surface area (Å²) in [5, 5.41) is 31.6. The molecule has 0 aromatic heterocycles. The molecule has 0 heterocycles. The molecule has 0 fully saturated rings. The summed E-state index contributed by atoms with van der Waals surface area (Å²) in [6.07, 6.45) is -6.27. The third-order valence-electron chi connectivity index (χ3n) is 3.24. The van der Waals surface area contributed by atoms with E-state index in [0.717, 1.165) is 12.1 Å². The molecular formula is C13H15F3N2O5. The second-order valence-corrected chi connectivity index (χ2v) is 4.85. The second kappa shape index (κ2) is 7.38. The van der Waals surface area contributed by atoms with Gasteiger partial charge in [-0.15, -0.1) is 0 Å². The average molecular weight is 336 g/mol. The molecule has 0 spiro atoms. The van der Waals surface area contributed by atoms with Crippen LogP contribution in [0.15, 0.2) is 24.3 Å². The summed E-state index contributed by atoms with van der Waals surface area (Å²) in [6.45, 7) is -0.156. The molecule has 0 radical (unpaired) electrons. The van der Waals surface area contributed by atoms with Crippen LogP contribution in [0.3, 0.4) is 0 Å². The summed E-state index contributed by atoms with van der Waals surface area (Å²) in [4.78, 5) is 21.4. The third-order valence-corrected chi connectivity index (χ3v) is 3.24. The molecule has 0 aliphatic heterocycles. The SMILES string of the molecule is CC(C(=O)N[C@H](CO)C(O)c1ccc([N+](=O)[O-])cc1)C(F)(F)F. The van der Waals surface area contributed by atoms with E-state index in [4.69, 9.17) is 5.11 Å². The molecule has 128 valence electrons. The summed E-state index contributed by atoms with van der Waals surface area (Å²) in [5.41, 5.74) is -0.133. The van der Waals surface area contributed by atoms with Crippen LogP contribution in [0.5, 0.6) is 0 Å². The minimum absolute atomic E-state index is 0.106. The Hall–Kier alpha value is -2.20. The number of aliphatic hydroxyl groups excluding tert-OH is 2. The first-order valence-corrected chi connectivity index (χ1v) is 6.48. The van der Waals surface area contributed by atoms with Crippen molar-refractivity contribution in [2.45, 2.75) is 25.2 Å². The maximum atomic E-state index is 12.4. The van der Waals surface area contributed by atoms with Crippen LogP contribution in [-0.2, 0) is 4.79 Å². The molecule has 10 heteroatoms. The number of aliphatic hydroxyl groups is 2. The number of alkyl halides is 3. The Morgan fingerprint density at radius 1 is 1.35 bits per heavy atom. The molecule has 0 saturated carbocycles. The van der Waals surface area contributed by atoms with Crippen molar-refractivity contribution in [3.8, 4) is 0 Å². The van der Waals surface area contributed by atoms with E-state index in [0.29, 0.717) is 6.92 Å². The predicted molar refractivity (Wildman–Crippen MR) is 72.3 cm³/mol. The van der Waals surface area contributed by atoms with E-state index in [-0.39, 0.29) is 11.3 Å². The lowest BCUT2D eigenvalue weighted by atomic mass is 10.0. The fourth-order valence-corrected chi connectivity index (χ4v) is 1.71. The van der Waals surface area contributed by atoms with Gasteiger partial charge in [-0.2, -0.15) is 13.2 Å². The first-order chi connectivity index (χ1) is 10.6. The fraction of sp³-hybridized carbons (Fsp3) is 0.462. The van der Waals surface area contributed by atoms with E-state index in [1.54, 1.807) is 0 Å². The summed E-state index contributed by atoms with van der Waals surface area (Å²) in [7, 11) is 0. The molecule has 0 bridgehead atoms. The van der Waals surface area contributed by atoms with Gasteiger partial charge in [-0.25, -0.2) is 0 Å². The van der Waals surface area contributed by atoms with Gasteiger partial charge < -0.3 is 15.5 Å². The highest BCUT2D eigenvalue weighted by Crippen LogP contribution is 2.26. The molecule has 0 saturated heterocycles. The highest BCUT2D eigenvalue weighted by Gasteiger charge is 2.42. The van der Waals surface area contributed by atoms with Crippen molar-refractivity contribution >= 4 is 11.6 Å². The zero-order valence-corrected chi connectivity index (χ0v) is 11.9. The Morgan fingerprint density at radius 2 is 1.87 bits per heavy atom. The van der Waals surface area contributed by atoms with Gasteiger partial charge in [0.05, 0.1) is 17.6 Å². The number of halogens is 3. The summed E-state index contributed by atoms with van der Waals surface area (Å²) >= 11 is 0. The van der Waals surface area contributed by atoms with Crippen LogP contribution >= 0.6 is 0 Å². The smallest absolute Gasteiger partial charge is 0.394 e. The maximum Gasteiger partial charge on any atom is 0.400 e. The minimum atomic E-state index is -4.75. The molecule has 1 rings (SSSR count). The van der Waals surface area contributed by atoms with Crippen molar-refractivity contribution in [2.24, 2.45) is 5.92 Å².